The van der Waals surface area contributed by atoms with E-state index in [4.69, 9.17) is 0 Å². The molecule has 10 heteroatoms. The van der Waals surface area contributed by atoms with Crippen LogP contribution in [0.5, 0.6) is 0 Å². The number of hydrogen-bond acceptors (Lipinski definition) is 5. The number of esters is 1. The molecule has 0 aliphatic rings. The van der Waals surface area contributed by atoms with Gasteiger partial charge in [0.25, 0.3) is 5.91 Å². The van der Waals surface area contributed by atoms with E-state index in [0.717, 1.165) is 23.1 Å². The molecule has 1 amide bonds. The van der Waals surface area contributed by atoms with E-state index in [-0.39, 0.29) is 33.3 Å². The molecule has 0 aliphatic carbocycles. The fraction of sp³-hybridized carbons (Fsp3) is 0.333. The largest absolute Gasteiger partial charge is 0.468 e. The number of methoxy groups -OCH3 is 1. The minimum atomic E-state index is -0.857. The molecule has 0 saturated carbocycles. The first-order chi connectivity index (χ1) is 13.2. The molecule has 0 spiro atoms. The average Bonchev–Trinajstić information content (AvgIpc) is 3.15. The predicted octanol–water partition coefficient (Wildman–Crippen LogP) is 2.98. The summed E-state index contributed by atoms with van der Waals surface area (Å²) in [6.07, 6.45) is 0. The summed E-state index contributed by atoms with van der Waals surface area (Å²) in [5.41, 5.74) is 0.896. The van der Waals surface area contributed by atoms with E-state index in [1.54, 1.807) is 10.7 Å². The molecular formula is C18H18F2N4O3S. The van der Waals surface area contributed by atoms with Crippen molar-refractivity contribution in [2.45, 2.75) is 33.4 Å². The summed E-state index contributed by atoms with van der Waals surface area (Å²) in [7, 11) is 1.19. The van der Waals surface area contributed by atoms with Crippen LogP contribution < -0.4 is 4.80 Å². The number of nitrogens with zero attached hydrogens (tertiary/aromatic N) is 4. The highest BCUT2D eigenvalue weighted by molar-refractivity contribution is 7.16. The van der Waals surface area contributed by atoms with Gasteiger partial charge in [-0.25, -0.2) is 8.78 Å². The molecule has 0 aliphatic heterocycles. The molecule has 28 heavy (non-hydrogen) atoms. The lowest BCUT2D eigenvalue weighted by Gasteiger charge is -2.06. The first-order valence-corrected chi connectivity index (χ1v) is 9.23. The SMILES string of the molecule is COC(=O)Cn1c(=NC(=O)c2cc(C)n(C(C)C)n2)sc2cc(F)cc(F)c21. The number of carbonyl (C=O) groups excluding carboxylic acids is 2. The van der Waals surface area contributed by atoms with Crippen LogP contribution in [0.2, 0.25) is 0 Å². The van der Waals surface area contributed by atoms with Gasteiger partial charge in [0, 0.05) is 17.8 Å². The number of hydrogen-bond donors (Lipinski definition) is 0. The molecule has 148 valence electrons. The third kappa shape index (κ3) is 3.72. The van der Waals surface area contributed by atoms with Gasteiger partial charge in [-0.3, -0.25) is 14.3 Å². The summed E-state index contributed by atoms with van der Waals surface area (Å²) in [5.74, 6) is -2.92. The maximum atomic E-state index is 14.3. The van der Waals surface area contributed by atoms with Gasteiger partial charge in [-0.05, 0) is 32.9 Å². The monoisotopic (exact) mass is 408 g/mol. The van der Waals surface area contributed by atoms with Crippen LogP contribution in [-0.2, 0) is 16.1 Å². The highest BCUT2D eigenvalue weighted by Crippen LogP contribution is 2.22. The molecule has 2 aromatic heterocycles. The Kier molecular flexibility index (Phi) is 5.41. The Morgan fingerprint density at radius 1 is 1.29 bits per heavy atom. The van der Waals surface area contributed by atoms with Crippen molar-refractivity contribution in [1.29, 1.82) is 0 Å². The molecule has 0 atom stereocenters. The van der Waals surface area contributed by atoms with Gasteiger partial charge in [-0.2, -0.15) is 10.1 Å². The Balaban J connectivity index is 2.16. The third-order valence-electron chi connectivity index (χ3n) is 4.04. The number of aryl methyl sites for hydroxylation is 1. The molecule has 0 unspecified atom stereocenters. The van der Waals surface area contributed by atoms with Crippen LogP contribution in [0.4, 0.5) is 8.78 Å². The summed E-state index contributed by atoms with van der Waals surface area (Å²) in [4.78, 5) is 28.4. The first kappa shape index (κ1) is 19.9. The highest BCUT2D eigenvalue weighted by Gasteiger charge is 2.18. The molecule has 3 aromatic rings. The van der Waals surface area contributed by atoms with E-state index < -0.39 is 23.5 Å². The number of thiazole rings is 1. The Morgan fingerprint density at radius 2 is 2.00 bits per heavy atom. The van der Waals surface area contributed by atoms with Crippen LogP contribution in [0, 0.1) is 18.6 Å². The van der Waals surface area contributed by atoms with Crippen LogP contribution in [0.1, 0.15) is 36.1 Å². The summed E-state index contributed by atoms with van der Waals surface area (Å²) in [6.45, 7) is 5.31. The van der Waals surface area contributed by atoms with E-state index in [2.05, 4.69) is 14.8 Å². The summed E-state index contributed by atoms with van der Waals surface area (Å²) in [6, 6.07) is 3.50. The number of ether oxygens (including phenoxy) is 1. The standard InChI is InChI=1S/C18H18F2N4O3S/c1-9(2)24-10(3)5-13(22-24)17(26)21-18-23(8-15(25)27-4)16-12(20)6-11(19)7-14(16)28-18/h5-7,9H,8H2,1-4H3. The smallest absolute Gasteiger partial charge is 0.325 e. The Labute approximate surface area is 162 Å². The molecule has 3 rings (SSSR count). The number of benzene rings is 1. The molecule has 2 heterocycles. The Bertz CT molecular complexity index is 1140. The van der Waals surface area contributed by atoms with E-state index in [1.807, 2.05) is 20.8 Å². The second-order valence-corrected chi connectivity index (χ2v) is 7.42. The van der Waals surface area contributed by atoms with Gasteiger partial charge in [0.2, 0.25) is 0 Å². The van der Waals surface area contributed by atoms with Crippen molar-refractivity contribution in [2.24, 2.45) is 4.99 Å². The number of fused-ring (bicyclic) bond motifs is 1. The number of carbonyl (C=O) groups is 2. The fourth-order valence-corrected chi connectivity index (χ4v) is 3.88. The molecule has 0 saturated heterocycles. The molecule has 1 aromatic carbocycles. The highest BCUT2D eigenvalue weighted by atomic mass is 32.1. The van der Waals surface area contributed by atoms with Gasteiger partial charge in [-0.15, -0.1) is 0 Å². The lowest BCUT2D eigenvalue weighted by Crippen LogP contribution is -2.23. The average molecular weight is 408 g/mol. The fourth-order valence-electron chi connectivity index (χ4n) is 2.81. The second kappa shape index (κ2) is 7.63. The van der Waals surface area contributed by atoms with Crippen LogP contribution in [-0.4, -0.2) is 33.3 Å². The molecular weight excluding hydrogens is 390 g/mol. The van der Waals surface area contributed by atoms with E-state index in [0.29, 0.717) is 6.07 Å². The minimum absolute atomic E-state index is 0.0211. The lowest BCUT2D eigenvalue weighted by molar-refractivity contribution is -0.141. The first-order valence-electron chi connectivity index (χ1n) is 8.41. The molecule has 0 fully saturated rings. The summed E-state index contributed by atoms with van der Waals surface area (Å²) >= 11 is 0.898. The Hall–Kier alpha value is -2.88. The Morgan fingerprint density at radius 3 is 2.61 bits per heavy atom. The van der Waals surface area contributed by atoms with Crippen LogP contribution in [0.25, 0.3) is 10.2 Å². The van der Waals surface area contributed by atoms with Gasteiger partial charge in [0.15, 0.2) is 16.3 Å². The summed E-state index contributed by atoms with van der Waals surface area (Å²) < 4.78 is 35.6. The molecule has 0 N–H and O–H groups in total. The van der Waals surface area contributed by atoms with Crippen molar-refractivity contribution in [2.75, 3.05) is 7.11 Å². The second-order valence-electron chi connectivity index (χ2n) is 6.41. The molecule has 0 bridgehead atoms. The third-order valence-corrected chi connectivity index (χ3v) is 5.06. The van der Waals surface area contributed by atoms with Gasteiger partial charge >= 0.3 is 5.97 Å². The number of amides is 1. The zero-order valence-corrected chi connectivity index (χ0v) is 16.5. The van der Waals surface area contributed by atoms with Crippen molar-refractivity contribution >= 4 is 33.4 Å². The zero-order chi connectivity index (χ0) is 20.6. The van der Waals surface area contributed by atoms with E-state index in [9.17, 15) is 18.4 Å². The predicted molar refractivity (Wildman–Crippen MR) is 99.0 cm³/mol. The van der Waals surface area contributed by atoms with Crippen LogP contribution in [0.15, 0.2) is 23.2 Å². The van der Waals surface area contributed by atoms with Crippen molar-refractivity contribution < 1.29 is 23.1 Å². The topological polar surface area (TPSA) is 78.5 Å². The maximum Gasteiger partial charge on any atom is 0.325 e. The van der Waals surface area contributed by atoms with Crippen molar-refractivity contribution in [3.05, 3.63) is 46.0 Å². The van der Waals surface area contributed by atoms with Gasteiger partial charge < -0.3 is 9.30 Å². The van der Waals surface area contributed by atoms with Gasteiger partial charge in [0.05, 0.1) is 17.3 Å². The summed E-state index contributed by atoms with van der Waals surface area (Å²) in [5, 5.41) is 4.24. The van der Waals surface area contributed by atoms with Crippen LogP contribution >= 0.6 is 11.3 Å². The van der Waals surface area contributed by atoms with Crippen LogP contribution in [0.3, 0.4) is 0 Å². The van der Waals surface area contributed by atoms with Crippen molar-refractivity contribution in [3.63, 3.8) is 0 Å². The number of aromatic nitrogens is 3. The molecule has 7 nitrogen and oxygen atoms in total. The van der Waals surface area contributed by atoms with Crippen molar-refractivity contribution in [3.8, 4) is 0 Å². The zero-order valence-electron chi connectivity index (χ0n) is 15.7. The normalized spacial score (nSPS) is 12.2. The lowest BCUT2D eigenvalue weighted by atomic mass is 10.3. The quantitative estimate of drug-likeness (QED) is 0.622. The van der Waals surface area contributed by atoms with Gasteiger partial charge in [-0.1, -0.05) is 11.3 Å². The minimum Gasteiger partial charge on any atom is -0.468 e. The maximum absolute atomic E-state index is 14.3. The van der Waals surface area contributed by atoms with Gasteiger partial charge in [0.1, 0.15) is 12.4 Å². The van der Waals surface area contributed by atoms with E-state index in [1.165, 1.54) is 11.7 Å². The number of halogens is 2. The number of rotatable bonds is 4. The van der Waals surface area contributed by atoms with E-state index >= 15 is 0 Å². The molecule has 0 radical (unpaired) electrons. The van der Waals surface area contributed by atoms with Crippen molar-refractivity contribution in [1.82, 2.24) is 14.3 Å².